The summed E-state index contributed by atoms with van der Waals surface area (Å²) >= 11 is 8.05. The predicted octanol–water partition coefficient (Wildman–Crippen LogP) is 4.10. The van der Waals surface area contributed by atoms with E-state index in [0.717, 1.165) is 36.3 Å². The van der Waals surface area contributed by atoms with E-state index < -0.39 is 6.04 Å². The average Bonchev–Trinajstić information content (AvgIpc) is 3.37. The highest BCUT2D eigenvalue weighted by Crippen LogP contribution is 2.47. The van der Waals surface area contributed by atoms with Gasteiger partial charge in [0.25, 0.3) is 5.91 Å². The Hall–Kier alpha value is -1.50. The van der Waals surface area contributed by atoms with Crippen LogP contribution in [0.15, 0.2) is 40.5 Å². The van der Waals surface area contributed by atoms with Crippen molar-refractivity contribution in [1.82, 2.24) is 4.90 Å². The number of fused-ring (bicyclic) bond motifs is 1. The minimum absolute atomic E-state index is 0.00729. The van der Waals surface area contributed by atoms with Gasteiger partial charge in [-0.1, -0.05) is 12.1 Å². The standard InChI is InChI=1S/C23H26ClNO4S/c1-30-16-7-4-13(5-8-16)20-19-21(26)17-11-14(24)6-9-18(17)29-22(19)23(27)25(20)12-15-3-2-10-28-15/h4-5,7-8,14-15,17-18,20H,2-3,6,9-12H2,1H3. The molecule has 7 heteroatoms. The molecule has 1 saturated heterocycles. The van der Waals surface area contributed by atoms with Crippen molar-refractivity contribution >= 4 is 35.1 Å². The number of ether oxygens (including phenoxy) is 2. The molecular formula is C23H26ClNO4S. The maximum Gasteiger partial charge on any atom is 0.290 e. The molecule has 3 aliphatic heterocycles. The Labute approximate surface area is 186 Å². The second-order valence-corrected chi connectivity index (χ2v) is 10.0. The van der Waals surface area contributed by atoms with E-state index >= 15 is 0 Å². The molecule has 1 aromatic carbocycles. The smallest absolute Gasteiger partial charge is 0.290 e. The van der Waals surface area contributed by atoms with E-state index in [-0.39, 0.29) is 41.0 Å². The lowest BCUT2D eigenvalue weighted by atomic mass is 9.77. The number of carbonyl (C=O) groups is 2. The van der Waals surface area contributed by atoms with Crippen LogP contribution in [-0.4, -0.2) is 53.6 Å². The summed E-state index contributed by atoms with van der Waals surface area (Å²) in [7, 11) is 0. The number of benzene rings is 1. The van der Waals surface area contributed by atoms with E-state index in [2.05, 4.69) is 0 Å². The van der Waals surface area contributed by atoms with Crippen molar-refractivity contribution in [3.63, 3.8) is 0 Å². The maximum atomic E-state index is 13.6. The minimum Gasteiger partial charge on any atom is -0.483 e. The molecule has 5 atom stereocenters. The van der Waals surface area contributed by atoms with Gasteiger partial charge in [0.05, 0.1) is 23.6 Å². The number of alkyl halides is 1. The van der Waals surface area contributed by atoms with Crippen LogP contribution in [0.1, 0.15) is 43.7 Å². The van der Waals surface area contributed by atoms with Crippen LogP contribution in [0.5, 0.6) is 0 Å². The molecular weight excluding hydrogens is 422 g/mol. The van der Waals surface area contributed by atoms with Gasteiger partial charge in [0.2, 0.25) is 0 Å². The molecule has 30 heavy (non-hydrogen) atoms. The normalized spacial score (nSPS) is 33.5. The van der Waals surface area contributed by atoms with Gasteiger partial charge in [-0.2, -0.15) is 0 Å². The number of hydrogen-bond donors (Lipinski definition) is 0. The summed E-state index contributed by atoms with van der Waals surface area (Å²) in [5, 5.41) is -0.0136. The minimum atomic E-state index is -0.420. The van der Waals surface area contributed by atoms with E-state index in [1.807, 2.05) is 30.5 Å². The van der Waals surface area contributed by atoms with Gasteiger partial charge in [-0.05, 0) is 56.1 Å². The van der Waals surface area contributed by atoms with Crippen LogP contribution in [0, 0.1) is 5.92 Å². The SMILES string of the molecule is CSc1ccc(C2C3=C(OC4CCC(Cl)CC4C3=O)C(=O)N2CC2CCCO2)cc1. The summed E-state index contributed by atoms with van der Waals surface area (Å²) in [6.07, 6.45) is 5.87. The fraction of sp³-hybridized carbons (Fsp3) is 0.565. The molecule has 1 saturated carbocycles. The van der Waals surface area contributed by atoms with Gasteiger partial charge in [0.15, 0.2) is 11.5 Å². The molecule has 0 spiro atoms. The van der Waals surface area contributed by atoms with Crippen molar-refractivity contribution in [1.29, 1.82) is 0 Å². The molecule has 0 aromatic heterocycles. The number of Topliss-reactive ketones (excluding diaryl/α,β-unsaturated/α-hetero) is 1. The third-order valence-corrected chi connectivity index (χ3v) is 7.88. The highest BCUT2D eigenvalue weighted by atomic mass is 35.5. The molecule has 160 valence electrons. The summed E-state index contributed by atoms with van der Waals surface area (Å²) < 4.78 is 12.0. The lowest BCUT2D eigenvalue weighted by molar-refractivity contribution is -0.136. The van der Waals surface area contributed by atoms with E-state index in [1.54, 1.807) is 16.7 Å². The van der Waals surface area contributed by atoms with Crippen LogP contribution < -0.4 is 0 Å². The fourth-order valence-corrected chi connectivity index (χ4v) is 5.92. The second kappa shape index (κ2) is 8.21. The first-order chi connectivity index (χ1) is 14.6. The number of rotatable bonds is 4. The fourth-order valence-electron chi connectivity index (χ4n) is 5.19. The van der Waals surface area contributed by atoms with E-state index in [1.165, 1.54) is 0 Å². The molecule has 5 unspecified atom stereocenters. The summed E-state index contributed by atoms with van der Waals surface area (Å²) in [5.74, 6) is -0.150. The van der Waals surface area contributed by atoms with E-state index in [4.69, 9.17) is 21.1 Å². The molecule has 0 N–H and O–H groups in total. The Morgan fingerprint density at radius 2 is 1.97 bits per heavy atom. The number of amides is 1. The van der Waals surface area contributed by atoms with Gasteiger partial charge in [-0.3, -0.25) is 9.59 Å². The lowest BCUT2D eigenvalue weighted by Gasteiger charge is -2.37. The third-order valence-electron chi connectivity index (χ3n) is 6.74. The van der Waals surface area contributed by atoms with Crippen molar-refractivity contribution < 1.29 is 19.1 Å². The van der Waals surface area contributed by atoms with Gasteiger partial charge in [0.1, 0.15) is 6.10 Å². The molecule has 1 aromatic rings. The Morgan fingerprint density at radius 1 is 1.17 bits per heavy atom. The third kappa shape index (κ3) is 3.47. The highest BCUT2D eigenvalue weighted by molar-refractivity contribution is 7.98. The first kappa shape index (κ1) is 20.4. The van der Waals surface area contributed by atoms with E-state index in [0.29, 0.717) is 25.0 Å². The van der Waals surface area contributed by atoms with Gasteiger partial charge >= 0.3 is 0 Å². The second-order valence-electron chi connectivity index (χ2n) is 8.55. The van der Waals surface area contributed by atoms with Gasteiger partial charge in [-0.25, -0.2) is 0 Å². The summed E-state index contributed by atoms with van der Waals surface area (Å²) in [6, 6.07) is 7.70. The van der Waals surface area contributed by atoms with Crippen molar-refractivity contribution in [2.24, 2.45) is 5.92 Å². The summed E-state index contributed by atoms with van der Waals surface area (Å²) in [4.78, 5) is 30.0. The number of halogens is 1. The van der Waals surface area contributed by atoms with Crippen LogP contribution in [0.3, 0.4) is 0 Å². The number of thioether (sulfide) groups is 1. The topological polar surface area (TPSA) is 55.8 Å². The number of ketones is 1. The molecule has 4 aliphatic rings. The van der Waals surface area contributed by atoms with Crippen LogP contribution >= 0.6 is 23.4 Å². The van der Waals surface area contributed by atoms with Crippen LogP contribution in [0.25, 0.3) is 0 Å². The zero-order valence-electron chi connectivity index (χ0n) is 17.0. The van der Waals surface area contributed by atoms with Crippen LogP contribution in [0.4, 0.5) is 0 Å². The molecule has 3 heterocycles. The molecule has 2 fully saturated rings. The number of carbonyl (C=O) groups excluding carboxylic acids is 2. The zero-order chi connectivity index (χ0) is 20.8. The van der Waals surface area contributed by atoms with Crippen LogP contribution in [-0.2, 0) is 19.1 Å². The molecule has 1 amide bonds. The molecule has 5 rings (SSSR count). The Bertz CT molecular complexity index is 880. The number of hydrogen-bond acceptors (Lipinski definition) is 5. The molecule has 1 aliphatic carbocycles. The molecule has 0 radical (unpaired) electrons. The maximum absolute atomic E-state index is 13.6. The first-order valence-electron chi connectivity index (χ1n) is 10.7. The largest absolute Gasteiger partial charge is 0.483 e. The highest BCUT2D eigenvalue weighted by Gasteiger charge is 2.53. The predicted molar refractivity (Wildman–Crippen MR) is 116 cm³/mol. The van der Waals surface area contributed by atoms with Crippen molar-refractivity contribution in [3.8, 4) is 0 Å². The summed E-state index contributed by atoms with van der Waals surface area (Å²) in [5.41, 5.74) is 1.46. The average molecular weight is 448 g/mol. The van der Waals surface area contributed by atoms with E-state index in [9.17, 15) is 9.59 Å². The van der Waals surface area contributed by atoms with Crippen molar-refractivity contribution in [2.75, 3.05) is 19.4 Å². The van der Waals surface area contributed by atoms with Crippen molar-refractivity contribution in [2.45, 2.75) is 60.6 Å². The quantitative estimate of drug-likeness (QED) is 0.513. The molecule has 0 bridgehead atoms. The zero-order valence-corrected chi connectivity index (χ0v) is 18.6. The lowest BCUT2D eigenvalue weighted by Crippen LogP contribution is -2.41. The monoisotopic (exact) mass is 447 g/mol. The Morgan fingerprint density at radius 3 is 2.67 bits per heavy atom. The molecule has 5 nitrogen and oxygen atoms in total. The first-order valence-corrected chi connectivity index (χ1v) is 12.4. The Balaban J connectivity index is 1.53. The Kier molecular flexibility index (Phi) is 5.58. The van der Waals surface area contributed by atoms with Gasteiger partial charge in [0, 0.05) is 23.4 Å². The van der Waals surface area contributed by atoms with Crippen molar-refractivity contribution in [3.05, 3.63) is 41.2 Å². The summed E-state index contributed by atoms with van der Waals surface area (Å²) in [6.45, 7) is 1.20. The van der Waals surface area contributed by atoms with Gasteiger partial charge < -0.3 is 14.4 Å². The van der Waals surface area contributed by atoms with Crippen LogP contribution in [0.2, 0.25) is 0 Å². The number of nitrogens with zero attached hydrogens (tertiary/aromatic N) is 1. The van der Waals surface area contributed by atoms with Gasteiger partial charge in [-0.15, -0.1) is 23.4 Å².